The summed E-state index contributed by atoms with van der Waals surface area (Å²) in [5.74, 6) is 0.848. The van der Waals surface area contributed by atoms with Crippen LogP contribution in [0.1, 0.15) is 40.5 Å². The van der Waals surface area contributed by atoms with E-state index in [1.165, 1.54) is 6.42 Å². The number of hydrogen-bond acceptors (Lipinski definition) is 1. The van der Waals surface area contributed by atoms with E-state index in [-0.39, 0.29) is 24.0 Å². The first-order chi connectivity index (χ1) is 7.39. The molecule has 0 aromatic heterocycles. The Hall–Kier alpha value is -0.260. The zero-order valence-electron chi connectivity index (χ0n) is 11.8. The van der Waals surface area contributed by atoms with Crippen molar-refractivity contribution in [2.24, 2.45) is 10.4 Å². The molecule has 1 atom stereocenters. The Morgan fingerprint density at radius 1 is 1.41 bits per heavy atom. The van der Waals surface area contributed by atoms with Crippen LogP contribution in [0.2, 0.25) is 0 Å². The standard InChI is InChI=1S/C13H27N3.HI/c1-7-10-15-12(14-6)16-11(2)8-9-13(3,4)5;/h7,11H,1,8-10H2,2-6H3,(H2,14,15,16);1H. The van der Waals surface area contributed by atoms with Gasteiger partial charge in [0.05, 0.1) is 0 Å². The molecule has 0 saturated carbocycles. The van der Waals surface area contributed by atoms with Crippen LogP contribution in [0, 0.1) is 5.41 Å². The highest BCUT2D eigenvalue weighted by Crippen LogP contribution is 2.21. The second-order valence-electron chi connectivity index (χ2n) is 5.39. The normalized spacial score (nSPS) is 13.6. The van der Waals surface area contributed by atoms with E-state index in [4.69, 9.17) is 0 Å². The molecular weight excluding hydrogens is 325 g/mol. The van der Waals surface area contributed by atoms with Gasteiger partial charge in [0, 0.05) is 19.6 Å². The third-order valence-electron chi connectivity index (χ3n) is 2.35. The van der Waals surface area contributed by atoms with Crippen molar-refractivity contribution >= 4 is 29.9 Å². The number of nitrogens with zero attached hydrogens (tertiary/aromatic N) is 1. The van der Waals surface area contributed by atoms with Crippen molar-refractivity contribution in [3.05, 3.63) is 12.7 Å². The van der Waals surface area contributed by atoms with Crippen LogP contribution in [0.4, 0.5) is 0 Å². The van der Waals surface area contributed by atoms with Crippen molar-refractivity contribution in [2.45, 2.75) is 46.6 Å². The Kier molecular flexibility index (Phi) is 10.9. The number of nitrogens with one attached hydrogen (secondary N) is 2. The average molecular weight is 353 g/mol. The maximum atomic E-state index is 4.16. The smallest absolute Gasteiger partial charge is 0.191 e. The van der Waals surface area contributed by atoms with E-state index in [1.54, 1.807) is 7.05 Å². The molecular formula is C13H28IN3. The lowest BCUT2D eigenvalue weighted by Crippen LogP contribution is -2.42. The van der Waals surface area contributed by atoms with E-state index in [0.29, 0.717) is 11.5 Å². The topological polar surface area (TPSA) is 36.4 Å². The summed E-state index contributed by atoms with van der Waals surface area (Å²) in [6.07, 6.45) is 4.19. The molecule has 0 aliphatic heterocycles. The van der Waals surface area contributed by atoms with E-state index in [0.717, 1.165) is 18.9 Å². The number of hydrogen-bond donors (Lipinski definition) is 2. The molecule has 0 radical (unpaired) electrons. The van der Waals surface area contributed by atoms with Crippen LogP contribution in [-0.4, -0.2) is 25.6 Å². The SMILES string of the molecule is C=CCNC(=NC)NC(C)CCC(C)(C)C.I. The maximum Gasteiger partial charge on any atom is 0.191 e. The van der Waals surface area contributed by atoms with Gasteiger partial charge < -0.3 is 10.6 Å². The van der Waals surface area contributed by atoms with Gasteiger partial charge >= 0.3 is 0 Å². The van der Waals surface area contributed by atoms with E-state index >= 15 is 0 Å². The summed E-state index contributed by atoms with van der Waals surface area (Å²) < 4.78 is 0. The summed E-state index contributed by atoms with van der Waals surface area (Å²) in [6.45, 7) is 13.4. The average Bonchev–Trinajstić information content (AvgIpc) is 2.20. The molecule has 0 saturated heterocycles. The Morgan fingerprint density at radius 2 is 2.00 bits per heavy atom. The third kappa shape index (κ3) is 12.0. The second-order valence-corrected chi connectivity index (χ2v) is 5.39. The van der Waals surface area contributed by atoms with Crippen LogP contribution >= 0.6 is 24.0 Å². The molecule has 17 heavy (non-hydrogen) atoms. The summed E-state index contributed by atoms with van der Waals surface area (Å²) in [5.41, 5.74) is 0.397. The Bertz CT molecular complexity index is 231. The van der Waals surface area contributed by atoms with Gasteiger partial charge in [-0.3, -0.25) is 4.99 Å². The van der Waals surface area contributed by atoms with E-state index in [1.807, 2.05) is 6.08 Å². The molecule has 3 nitrogen and oxygen atoms in total. The first-order valence-electron chi connectivity index (χ1n) is 5.97. The number of guanidine groups is 1. The molecule has 0 aliphatic rings. The Labute approximate surface area is 124 Å². The van der Waals surface area contributed by atoms with Gasteiger partial charge in [-0.15, -0.1) is 30.6 Å². The third-order valence-corrected chi connectivity index (χ3v) is 2.35. The number of halogens is 1. The van der Waals surface area contributed by atoms with E-state index in [9.17, 15) is 0 Å². The molecule has 2 N–H and O–H groups in total. The molecule has 1 unspecified atom stereocenters. The summed E-state index contributed by atoms with van der Waals surface area (Å²) in [7, 11) is 1.79. The lowest BCUT2D eigenvalue weighted by atomic mass is 9.89. The molecule has 0 aromatic rings. The molecule has 0 heterocycles. The zero-order chi connectivity index (χ0) is 12.6. The number of aliphatic imine (C=N–C) groups is 1. The van der Waals surface area contributed by atoms with Crippen LogP contribution in [0.15, 0.2) is 17.6 Å². The van der Waals surface area contributed by atoms with Gasteiger partial charge in [-0.1, -0.05) is 26.8 Å². The van der Waals surface area contributed by atoms with Crippen LogP contribution in [0.25, 0.3) is 0 Å². The van der Waals surface area contributed by atoms with Gasteiger partial charge in [0.2, 0.25) is 0 Å². The maximum absolute atomic E-state index is 4.16. The van der Waals surface area contributed by atoms with Gasteiger partial charge in [-0.05, 0) is 25.2 Å². The van der Waals surface area contributed by atoms with Crippen molar-refractivity contribution in [2.75, 3.05) is 13.6 Å². The Morgan fingerprint density at radius 3 is 2.41 bits per heavy atom. The first kappa shape index (κ1) is 19.1. The molecule has 4 heteroatoms. The first-order valence-corrected chi connectivity index (χ1v) is 5.97. The van der Waals surface area contributed by atoms with Crippen molar-refractivity contribution < 1.29 is 0 Å². The van der Waals surface area contributed by atoms with Crippen LogP contribution in [0.5, 0.6) is 0 Å². The quantitative estimate of drug-likeness (QED) is 0.345. The molecule has 0 rings (SSSR count). The summed E-state index contributed by atoms with van der Waals surface area (Å²) in [5, 5.41) is 6.53. The van der Waals surface area contributed by atoms with Crippen LogP contribution in [-0.2, 0) is 0 Å². The molecule has 0 spiro atoms. The van der Waals surface area contributed by atoms with Gasteiger partial charge in [-0.2, -0.15) is 0 Å². The van der Waals surface area contributed by atoms with Gasteiger partial charge in [0.25, 0.3) is 0 Å². The minimum absolute atomic E-state index is 0. The van der Waals surface area contributed by atoms with Crippen molar-refractivity contribution in [3.8, 4) is 0 Å². The highest BCUT2D eigenvalue weighted by Gasteiger charge is 2.12. The van der Waals surface area contributed by atoms with Gasteiger partial charge in [-0.25, -0.2) is 0 Å². The molecule has 0 amide bonds. The lowest BCUT2D eigenvalue weighted by molar-refractivity contribution is 0.346. The summed E-state index contributed by atoms with van der Waals surface area (Å²) in [4.78, 5) is 4.16. The van der Waals surface area contributed by atoms with Crippen molar-refractivity contribution in [1.82, 2.24) is 10.6 Å². The zero-order valence-corrected chi connectivity index (χ0v) is 14.2. The summed E-state index contributed by atoms with van der Waals surface area (Å²) >= 11 is 0. The minimum atomic E-state index is 0. The fraction of sp³-hybridized carbons (Fsp3) is 0.769. The van der Waals surface area contributed by atoms with E-state index in [2.05, 4.69) is 49.9 Å². The fourth-order valence-corrected chi connectivity index (χ4v) is 1.32. The van der Waals surface area contributed by atoms with Crippen molar-refractivity contribution in [1.29, 1.82) is 0 Å². The van der Waals surface area contributed by atoms with E-state index < -0.39 is 0 Å². The lowest BCUT2D eigenvalue weighted by Gasteiger charge is -2.22. The molecule has 102 valence electrons. The second kappa shape index (κ2) is 9.74. The molecule has 0 aromatic carbocycles. The predicted molar refractivity (Wildman–Crippen MR) is 88.3 cm³/mol. The molecule has 0 bridgehead atoms. The minimum Gasteiger partial charge on any atom is -0.354 e. The highest BCUT2D eigenvalue weighted by molar-refractivity contribution is 14.0. The highest BCUT2D eigenvalue weighted by atomic mass is 127. The van der Waals surface area contributed by atoms with Gasteiger partial charge in [0.1, 0.15) is 0 Å². The largest absolute Gasteiger partial charge is 0.354 e. The summed E-state index contributed by atoms with van der Waals surface area (Å²) in [6, 6.07) is 0.440. The fourth-order valence-electron chi connectivity index (χ4n) is 1.32. The monoisotopic (exact) mass is 353 g/mol. The molecule has 0 aliphatic carbocycles. The predicted octanol–water partition coefficient (Wildman–Crippen LogP) is 3.17. The van der Waals surface area contributed by atoms with Gasteiger partial charge in [0.15, 0.2) is 5.96 Å². The number of rotatable bonds is 5. The van der Waals surface area contributed by atoms with Crippen LogP contribution < -0.4 is 10.6 Å². The Balaban J connectivity index is 0. The molecule has 0 fully saturated rings. The van der Waals surface area contributed by atoms with Crippen molar-refractivity contribution in [3.63, 3.8) is 0 Å². The van der Waals surface area contributed by atoms with Crippen LogP contribution in [0.3, 0.4) is 0 Å².